The number of aryl methyl sites for hydroxylation is 1. The number of rotatable bonds is 4. The van der Waals surface area contributed by atoms with Gasteiger partial charge in [0.25, 0.3) is 5.78 Å². The monoisotopic (exact) mass is 308 g/mol. The minimum Gasteiger partial charge on any atom is -0.363 e. The Hall–Kier alpha value is -1.73. The summed E-state index contributed by atoms with van der Waals surface area (Å²) in [5.74, 6) is 1.28. The van der Waals surface area contributed by atoms with Crippen LogP contribution in [0.4, 0.5) is 5.82 Å². The van der Waals surface area contributed by atoms with Crippen molar-refractivity contribution in [2.75, 3.05) is 5.32 Å². The summed E-state index contributed by atoms with van der Waals surface area (Å²) in [6, 6.07) is 0. The molecule has 0 aliphatic heterocycles. The van der Waals surface area contributed by atoms with Crippen molar-refractivity contribution in [3.05, 3.63) is 33.1 Å². The van der Waals surface area contributed by atoms with Gasteiger partial charge in [0, 0.05) is 16.6 Å². The van der Waals surface area contributed by atoms with Crippen LogP contribution >= 0.6 is 22.9 Å². The molecule has 0 unspecified atom stereocenters. The molecule has 3 heterocycles. The fraction of sp³-hybridized carbons (Fsp3) is 0.333. The van der Waals surface area contributed by atoms with Gasteiger partial charge in [-0.1, -0.05) is 18.5 Å². The van der Waals surface area contributed by atoms with Crippen molar-refractivity contribution in [2.24, 2.45) is 0 Å². The lowest BCUT2D eigenvalue weighted by Gasteiger charge is -2.10. The van der Waals surface area contributed by atoms with Crippen LogP contribution in [-0.2, 0) is 13.0 Å². The molecule has 1 N–H and O–H groups in total. The third kappa shape index (κ3) is 2.34. The van der Waals surface area contributed by atoms with E-state index in [2.05, 4.69) is 32.3 Å². The van der Waals surface area contributed by atoms with Gasteiger partial charge in [-0.3, -0.25) is 0 Å². The highest BCUT2D eigenvalue weighted by atomic mass is 35.5. The first-order chi connectivity index (χ1) is 9.69. The quantitative estimate of drug-likeness (QED) is 0.751. The fourth-order valence-corrected chi connectivity index (χ4v) is 2.82. The molecule has 3 aromatic rings. The van der Waals surface area contributed by atoms with E-state index in [1.165, 1.54) is 11.2 Å². The average molecular weight is 309 g/mol. The van der Waals surface area contributed by atoms with Gasteiger partial charge in [-0.15, -0.1) is 11.3 Å². The minimum absolute atomic E-state index is 0.432. The van der Waals surface area contributed by atoms with Crippen molar-refractivity contribution in [3.8, 4) is 0 Å². The van der Waals surface area contributed by atoms with Crippen molar-refractivity contribution in [1.29, 1.82) is 0 Å². The van der Waals surface area contributed by atoms with Crippen LogP contribution in [0.25, 0.3) is 5.78 Å². The van der Waals surface area contributed by atoms with Crippen LogP contribution in [0, 0.1) is 6.92 Å². The zero-order chi connectivity index (χ0) is 14.1. The van der Waals surface area contributed by atoms with Crippen LogP contribution in [-0.4, -0.2) is 24.6 Å². The lowest BCUT2D eigenvalue weighted by atomic mass is 10.3. The summed E-state index contributed by atoms with van der Waals surface area (Å²) in [5, 5.41) is 8.94. The second-order valence-electron chi connectivity index (χ2n) is 4.28. The van der Waals surface area contributed by atoms with Crippen LogP contribution in [0.2, 0.25) is 5.15 Å². The Bertz CT molecular complexity index is 750. The zero-order valence-electron chi connectivity index (χ0n) is 11.1. The number of anilines is 1. The molecule has 0 amide bonds. The molecule has 3 rings (SSSR count). The predicted octanol–water partition coefficient (Wildman–Crippen LogP) is 2.72. The summed E-state index contributed by atoms with van der Waals surface area (Å²) in [6.07, 6.45) is 4.38. The number of hydrogen-bond acceptors (Lipinski definition) is 6. The lowest BCUT2D eigenvalue weighted by molar-refractivity contribution is 0.912. The lowest BCUT2D eigenvalue weighted by Crippen LogP contribution is -2.08. The van der Waals surface area contributed by atoms with Crippen molar-refractivity contribution in [3.63, 3.8) is 0 Å². The van der Waals surface area contributed by atoms with Gasteiger partial charge in [-0.05, 0) is 13.3 Å². The topological polar surface area (TPSA) is 68.0 Å². The highest BCUT2D eigenvalue weighted by Gasteiger charge is 2.12. The van der Waals surface area contributed by atoms with Gasteiger partial charge in [-0.25, -0.2) is 4.98 Å². The second-order valence-corrected chi connectivity index (χ2v) is 5.83. The van der Waals surface area contributed by atoms with Gasteiger partial charge in [0.15, 0.2) is 0 Å². The summed E-state index contributed by atoms with van der Waals surface area (Å²) >= 11 is 7.81. The summed E-state index contributed by atoms with van der Waals surface area (Å²) in [6.45, 7) is 4.65. The molecular formula is C12H13ClN6S. The first kappa shape index (κ1) is 13.3. The number of fused-ring (bicyclic) bond motifs is 1. The van der Waals surface area contributed by atoms with Crippen LogP contribution in [0.15, 0.2) is 12.5 Å². The molecule has 0 aliphatic rings. The van der Waals surface area contributed by atoms with Crippen LogP contribution in [0.5, 0.6) is 0 Å². The van der Waals surface area contributed by atoms with Crippen LogP contribution in [0.1, 0.15) is 22.4 Å². The molecular weight excluding hydrogens is 296 g/mol. The number of aromatic nitrogens is 5. The third-order valence-corrected chi connectivity index (χ3v) is 4.47. The Morgan fingerprint density at radius 1 is 1.40 bits per heavy atom. The highest BCUT2D eigenvalue weighted by Crippen LogP contribution is 2.23. The maximum absolute atomic E-state index is 6.11. The van der Waals surface area contributed by atoms with Crippen molar-refractivity contribution in [2.45, 2.75) is 26.8 Å². The normalized spacial score (nSPS) is 11.2. The Morgan fingerprint density at radius 2 is 2.25 bits per heavy atom. The second kappa shape index (κ2) is 5.34. The van der Waals surface area contributed by atoms with Gasteiger partial charge in [-0.2, -0.15) is 19.6 Å². The number of nitrogens with one attached hydrogen (secondary N) is 1. The van der Waals surface area contributed by atoms with Gasteiger partial charge >= 0.3 is 0 Å². The zero-order valence-corrected chi connectivity index (χ0v) is 12.7. The predicted molar refractivity (Wildman–Crippen MR) is 79.3 cm³/mol. The van der Waals surface area contributed by atoms with Crippen molar-refractivity contribution in [1.82, 2.24) is 24.6 Å². The fourth-order valence-electron chi connectivity index (χ4n) is 1.86. The largest absolute Gasteiger partial charge is 0.363 e. The molecule has 0 bridgehead atoms. The molecule has 0 saturated heterocycles. The minimum atomic E-state index is 0.432. The first-order valence-electron chi connectivity index (χ1n) is 6.22. The Labute approximate surface area is 124 Å². The van der Waals surface area contributed by atoms with E-state index in [4.69, 9.17) is 11.6 Å². The maximum atomic E-state index is 6.11. The van der Waals surface area contributed by atoms with E-state index in [0.717, 1.165) is 22.8 Å². The van der Waals surface area contributed by atoms with E-state index in [-0.39, 0.29) is 0 Å². The highest BCUT2D eigenvalue weighted by molar-refractivity contribution is 7.11. The number of thiazole rings is 1. The van der Waals surface area contributed by atoms with E-state index < -0.39 is 0 Å². The van der Waals surface area contributed by atoms with Gasteiger partial charge in [0.1, 0.15) is 22.3 Å². The Balaban J connectivity index is 1.90. The summed E-state index contributed by atoms with van der Waals surface area (Å²) < 4.78 is 1.65. The molecule has 0 fully saturated rings. The van der Waals surface area contributed by atoms with Crippen molar-refractivity contribution >= 4 is 34.5 Å². The molecule has 0 spiro atoms. The van der Waals surface area contributed by atoms with Crippen LogP contribution in [0.3, 0.4) is 0 Å². The van der Waals surface area contributed by atoms with E-state index >= 15 is 0 Å². The van der Waals surface area contributed by atoms with Crippen LogP contribution < -0.4 is 5.32 Å². The summed E-state index contributed by atoms with van der Waals surface area (Å²) in [7, 11) is 0. The smallest absolute Gasteiger partial charge is 0.255 e. The van der Waals surface area contributed by atoms with E-state index in [9.17, 15) is 0 Å². The van der Waals surface area contributed by atoms with E-state index in [0.29, 0.717) is 17.5 Å². The number of hydrogen-bond donors (Lipinski definition) is 1. The van der Waals surface area contributed by atoms with Gasteiger partial charge in [0.05, 0.1) is 6.54 Å². The Morgan fingerprint density at radius 3 is 3.00 bits per heavy atom. The third-order valence-electron chi connectivity index (χ3n) is 2.96. The van der Waals surface area contributed by atoms with Gasteiger partial charge in [0.2, 0.25) is 0 Å². The standard InChI is InChI=1S/C12H13ClN6S/c1-3-8-4-14-9(20-8)5-15-11-7(2)10(13)18-12-16-6-17-19(11)12/h4,6,15H,3,5H2,1-2H3. The molecule has 0 radical (unpaired) electrons. The van der Waals surface area contributed by atoms with E-state index in [1.807, 2.05) is 13.1 Å². The molecule has 104 valence electrons. The average Bonchev–Trinajstić information content (AvgIpc) is 3.07. The molecule has 3 aromatic heterocycles. The van der Waals surface area contributed by atoms with E-state index in [1.54, 1.807) is 15.9 Å². The first-order valence-corrected chi connectivity index (χ1v) is 7.41. The number of halogens is 1. The Kier molecular flexibility index (Phi) is 3.54. The summed E-state index contributed by atoms with van der Waals surface area (Å²) in [5.41, 5.74) is 0.844. The molecule has 8 heteroatoms. The number of nitrogens with zero attached hydrogens (tertiary/aromatic N) is 5. The molecule has 0 saturated carbocycles. The molecule has 20 heavy (non-hydrogen) atoms. The maximum Gasteiger partial charge on any atom is 0.255 e. The SMILES string of the molecule is CCc1cnc(CNc2c(C)c(Cl)nc3ncnn23)s1. The van der Waals surface area contributed by atoms with Gasteiger partial charge < -0.3 is 5.32 Å². The summed E-state index contributed by atoms with van der Waals surface area (Å²) in [4.78, 5) is 13.9. The van der Waals surface area contributed by atoms with Crippen molar-refractivity contribution < 1.29 is 0 Å². The molecule has 6 nitrogen and oxygen atoms in total. The molecule has 0 atom stereocenters. The molecule has 0 aliphatic carbocycles. The molecule has 0 aromatic carbocycles.